The highest BCUT2D eigenvalue weighted by Gasteiger charge is 2.21. The van der Waals surface area contributed by atoms with Crippen molar-refractivity contribution in [1.82, 2.24) is 15.5 Å². The maximum Gasteiger partial charge on any atom is 0.191 e. The van der Waals surface area contributed by atoms with Crippen LogP contribution in [-0.4, -0.2) is 43.6 Å². The van der Waals surface area contributed by atoms with Crippen LogP contribution in [-0.2, 0) is 6.54 Å². The SMILES string of the molecule is CN=C(NCC1CCCN(Cc2cccs2)C1)NC1CC=CC1. The van der Waals surface area contributed by atoms with Crippen LogP contribution in [0.5, 0.6) is 0 Å². The minimum atomic E-state index is 0.517. The van der Waals surface area contributed by atoms with E-state index in [1.165, 1.54) is 30.8 Å². The van der Waals surface area contributed by atoms with Crippen molar-refractivity contribution in [1.29, 1.82) is 0 Å². The fourth-order valence-electron chi connectivity index (χ4n) is 3.45. The summed E-state index contributed by atoms with van der Waals surface area (Å²) in [5.41, 5.74) is 0. The highest BCUT2D eigenvalue weighted by molar-refractivity contribution is 7.09. The minimum Gasteiger partial charge on any atom is -0.356 e. The molecule has 4 nitrogen and oxygen atoms in total. The van der Waals surface area contributed by atoms with Gasteiger partial charge in [0.15, 0.2) is 5.96 Å². The van der Waals surface area contributed by atoms with Gasteiger partial charge in [-0.3, -0.25) is 9.89 Å². The number of hydrogen-bond acceptors (Lipinski definition) is 3. The first-order valence-corrected chi connectivity index (χ1v) is 9.58. The number of piperidine rings is 1. The number of nitrogens with one attached hydrogen (secondary N) is 2. The smallest absolute Gasteiger partial charge is 0.191 e. The molecule has 0 saturated carbocycles. The molecule has 1 aliphatic heterocycles. The van der Waals surface area contributed by atoms with E-state index in [1.807, 2.05) is 18.4 Å². The molecule has 126 valence electrons. The molecule has 1 atom stereocenters. The predicted molar refractivity (Wildman–Crippen MR) is 99.0 cm³/mol. The van der Waals surface area contributed by atoms with Crippen molar-refractivity contribution in [3.63, 3.8) is 0 Å². The van der Waals surface area contributed by atoms with Crippen LogP contribution in [0.2, 0.25) is 0 Å². The zero-order chi connectivity index (χ0) is 15.9. The normalized spacial score (nSPS) is 23.3. The Morgan fingerprint density at radius 1 is 1.39 bits per heavy atom. The Labute approximate surface area is 143 Å². The van der Waals surface area contributed by atoms with Crippen molar-refractivity contribution in [3.8, 4) is 0 Å². The molecule has 1 aromatic heterocycles. The van der Waals surface area contributed by atoms with Crippen LogP contribution < -0.4 is 10.6 Å². The molecule has 1 aliphatic carbocycles. The summed E-state index contributed by atoms with van der Waals surface area (Å²) in [6, 6.07) is 4.91. The van der Waals surface area contributed by atoms with Crippen LogP contribution in [0, 0.1) is 5.92 Å². The second kappa shape index (κ2) is 8.50. The summed E-state index contributed by atoms with van der Waals surface area (Å²) in [7, 11) is 1.86. The average molecular weight is 333 g/mol. The number of aliphatic imine (C=N–C) groups is 1. The lowest BCUT2D eigenvalue weighted by Crippen LogP contribution is -2.46. The van der Waals surface area contributed by atoms with E-state index in [0.29, 0.717) is 12.0 Å². The first kappa shape index (κ1) is 16.5. The quantitative estimate of drug-likeness (QED) is 0.495. The Kier molecular flexibility index (Phi) is 6.11. The molecule has 0 bridgehead atoms. The Bertz CT molecular complexity index is 515. The summed E-state index contributed by atoms with van der Waals surface area (Å²) < 4.78 is 0. The third-order valence-corrected chi connectivity index (χ3v) is 5.55. The van der Waals surface area contributed by atoms with Gasteiger partial charge in [0.25, 0.3) is 0 Å². The maximum absolute atomic E-state index is 4.37. The summed E-state index contributed by atoms with van der Waals surface area (Å²) in [5, 5.41) is 9.22. The van der Waals surface area contributed by atoms with Crippen LogP contribution >= 0.6 is 11.3 Å². The number of nitrogens with zero attached hydrogens (tertiary/aromatic N) is 2. The number of hydrogen-bond donors (Lipinski definition) is 2. The molecule has 1 saturated heterocycles. The number of thiophene rings is 1. The van der Waals surface area contributed by atoms with Gasteiger partial charge >= 0.3 is 0 Å². The molecule has 0 aromatic carbocycles. The van der Waals surface area contributed by atoms with Gasteiger partial charge in [-0.05, 0) is 49.6 Å². The molecular formula is C18H28N4S. The van der Waals surface area contributed by atoms with Crippen LogP contribution in [0.3, 0.4) is 0 Å². The van der Waals surface area contributed by atoms with Gasteiger partial charge in [0.1, 0.15) is 0 Å². The minimum absolute atomic E-state index is 0.517. The fraction of sp³-hybridized carbons (Fsp3) is 0.611. The summed E-state index contributed by atoms with van der Waals surface area (Å²) in [4.78, 5) is 8.44. The largest absolute Gasteiger partial charge is 0.356 e. The van der Waals surface area contributed by atoms with Crippen LogP contribution in [0.1, 0.15) is 30.6 Å². The second-order valence-corrected chi connectivity index (χ2v) is 7.59. The Balaban J connectivity index is 1.41. The molecule has 3 rings (SSSR count). The summed E-state index contributed by atoms with van der Waals surface area (Å²) in [6.07, 6.45) is 9.33. The number of likely N-dealkylation sites (tertiary alicyclic amines) is 1. The van der Waals surface area contributed by atoms with E-state index in [2.05, 4.69) is 50.2 Å². The molecule has 0 radical (unpaired) electrons. The highest BCUT2D eigenvalue weighted by Crippen LogP contribution is 2.20. The molecule has 0 amide bonds. The molecule has 1 unspecified atom stereocenters. The Morgan fingerprint density at radius 2 is 2.26 bits per heavy atom. The van der Waals surface area contributed by atoms with E-state index in [9.17, 15) is 0 Å². The lowest BCUT2D eigenvalue weighted by Gasteiger charge is -2.33. The summed E-state index contributed by atoms with van der Waals surface area (Å²) >= 11 is 1.87. The molecule has 2 heterocycles. The monoisotopic (exact) mass is 332 g/mol. The van der Waals surface area contributed by atoms with Crippen LogP contribution in [0.4, 0.5) is 0 Å². The zero-order valence-corrected chi connectivity index (χ0v) is 14.8. The van der Waals surface area contributed by atoms with E-state index in [0.717, 1.165) is 31.9 Å². The van der Waals surface area contributed by atoms with Gasteiger partial charge in [0.2, 0.25) is 0 Å². The third kappa shape index (κ3) is 5.08. The van der Waals surface area contributed by atoms with E-state index < -0.39 is 0 Å². The van der Waals surface area contributed by atoms with Gasteiger partial charge in [-0.2, -0.15) is 0 Å². The molecule has 2 aliphatic rings. The van der Waals surface area contributed by atoms with E-state index in [-0.39, 0.29) is 0 Å². The molecule has 1 aromatic rings. The standard InChI is InChI=1S/C18H28N4S/c1-19-18(21-16-7-2-3-8-16)20-12-15-6-4-10-22(13-15)14-17-9-5-11-23-17/h2-3,5,9,11,15-16H,4,6-8,10,12-14H2,1H3,(H2,19,20,21). The molecule has 0 spiro atoms. The van der Waals surface area contributed by atoms with Gasteiger partial charge in [-0.15, -0.1) is 11.3 Å². The second-order valence-electron chi connectivity index (χ2n) is 6.56. The van der Waals surface area contributed by atoms with Gasteiger partial charge in [-0.1, -0.05) is 18.2 Å². The summed E-state index contributed by atoms with van der Waals surface area (Å²) in [6.45, 7) is 4.54. The predicted octanol–water partition coefficient (Wildman–Crippen LogP) is 2.84. The average Bonchev–Trinajstić information content (AvgIpc) is 3.25. The zero-order valence-electron chi connectivity index (χ0n) is 14.0. The van der Waals surface area contributed by atoms with Crippen molar-refractivity contribution >= 4 is 17.3 Å². The third-order valence-electron chi connectivity index (χ3n) is 4.69. The lowest BCUT2D eigenvalue weighted by molar-refractivity contribution is 0.169. The Hall–Kier alpha value is -1.33. The van der Waals surface area contributed by atoms with E-state index in [4.69, 9.17) is 0 Å². The lowest BCUT2D eigenvalue weighted by atomic mass is 9.98. The highest BCUT2D eigenvalue weighted by atomic mass is 32.1. The first-order chi connectivity index (χ1) is 11.3. The van der Waals surface area contributed by atoms with Gasteiger partial charge in [0.05, 0.1) is 0 Å². The van der Waals surface area contributed by atoms with Gasteiger partial charge in [0, 0.05) is 37.6 Å². The first-order valence-electron chi connectivity index (χ1n) is 8.70. The van der Waals surface area contributed by atoms with Crippen LogP contribution in [0.15, 0.2) is 34.7 Å². The van der Waals surface area contributed by atoms with Crippen molar-refractivity contribution in [2.45, 2.75) is 38.3 Å². The number of guanidine groups is 1. The van der Waals surface area contributed by atoms with Crippen molar-refractivity contribution in [3.05, 3.63) is 34.5 Å². The van der Waals surface area contributed by atoms with Crippen molar-refractivity contribution in [2.24, 2.45) is 10.9 Å². The fourth-order valence-corrected chi connectivity index (χ4v) is 4.19. The van der Waals surface area contributed by atoms with Crippen LogP contribution in [0.25, 0.3) is 0 Å². The maximum atomic E-state index is 4.37. The van der Waals surface area contributed by atoms with E-state index in [1.54, 1.807) is 0 Å². The Morgan fingerprint density at radius 3 is 3.00 bits per heavy atom. The van der Waals surface area contributed by atoms with E-state index >= 15 is 0 Å². The summed E-state index contributed by atoms with van der Waals surface area (Å²) in [5.74, 6) is 1.66. The van der Waals surface area contributed by atoms with Gasteiger partial charge in [-0.25, -0.2) is 0 Å². The van der Waals surface area contributed by atoms with Gasteiger partial charge < -0.3 is 10.6 Å². The molecule has 2 N–H and O–H groups in total. The molecule has 5 heteroatoms. The molecular weight excluding hydrogens is 304 g/mol. The van der Waals surface area contributed by atoms with Crippen molar-refractivity contribution < 1.29 is 0 Å². The molecule has 1 fully saturated rings. The topological polar surface area (TPSA) is 39.7 Å². The van der Waals surface area contributed by atoms with Crippen molar-refractivity contribution in [2.75, 3.05) is 26.7 Å². The molecule has 23 heavy (non-hydrogen) atoms. The number of rotatable bonds is 5.